The average Bonchev–Trinajstić information content (AvgIpc) is 2.81. The van der Waals surface area contributed by atoms with Gasteiger partial charge in [-0.25, -0.2) is 0 Å². The van der Waals surface area contributed by atoms with Crippen molar-refractivity contribution >= 4 is 30.7 Å². The van der Waals surface area contributed by atoms with E-state index in [2.05, 4.69) is 10.2 Å². The summed E-state index contributed by atoms with van der Waals surface area (Å²) in [6.07, 6.45) is 5.80. The van der Waals surface area contributed by atoms with Gasteiger partial charge in [-0.15, -0.1) is 24.8 Å². The van der Waals surface area contributed by atoms with Gasteiger partial charge < -0.3 is 10.6 Å². The Morgan fingerprint density at radius 2 is 2.11 bits per heavy atom. The molecule has 7 heteroatoms. The predicted octanol–water partition coefficient (Wildman–Crippen LogP) is 1.31. The molecule has 1 unspecified atom stereocenters. The third-order valence-corrected chi connectivity index (χ3v) is 3.19. The number of rotatable bonds is 2. The van der Waals surface area contributed by atoms with Crippen LogP contribution in [0.3, 0.4) is 0 Å². The molecule has 0 bridgehead atoms. The van der Waals surface area contributed by atoms with E-state index in [4.69, 9.17) is 5.73 Å². The first-order valence-corrected chi connectivity index (χ1v) is 5.71. The van der Waals surface area contributed by atoms with Crippen molar-refractivity contribution in [1.82, 2.24) is 15.1 Å². The maximum absolute atomic E-state index is 11.7. The van der Waals surface area contributed by atoms with E-state index in [9.17, 15) is 4.79 Å². The molecule has 18 heavy (non-hydrogen) atoms. The van der Waals surface area contributed by atoms with E-state index >= 15 is 0 Å². The minimum absolute atomic E-state index is 0. The van der Waals surface area contributed by atoms with Crippen molar-refractivity contribution in [2.75, 3.05) is 13.1 Å². The Morgan fingerprint density at radius 1 is 1.50 bits per heavy atom. The van der Waals surface area contributed by atoms with Crippen LogP contribution in [0.15, 0.2) is 12.4 Å². The first kappa shape index (κ1) is 17.2. The van der Waals surface area contributed by atoms with Gasteiger partial charge in [0.1, 0.15) is 0 Å². The number of nitrogens with two attached hydrogens (primary N) is 1. The van der Waals surface area contributed by atoms with Gasteiger partial charge in [-0.3, -0.25) is 9.89 Å². The molecule has 1 amide bonds. The highest BCUT2D eigenvalue weighted by molar-refractivity contribution is 5.85. The number of carbonyl (C=O) groups is 1. The Balaban J connectivity index is 0.00000144. The van der Waals surface area contributed by atoms with Crippen molar-refractivity contribution in [1.29, 1.82) is 0 Å². The molecular weight excluding hydrogens is 275 g/mol. The van der Waals surface area contributed by atoms with Crippen molar-refractivity contribution in [2.24, 2.45) is 5.73 Å². The number of amides is 1. The predicted molar refractivity (Wildman–Crippen MR) is 75.3 cm³/mol. The van der Waals surface area contributed by atoms with Crippen molar-refractivity contribution in [3.05, 3.63) is 18.0 Å². The molecule has 0 spiro atoms. The summed E-state index contributed by atoms with van der Waals surface area (Å²) in [7, 11) is 0. The number of carbonyl (C=O) groups excluding carboxylic acids is 1. The SMILES string of the molecule is CC(N)C(=O)N1CCC(c2cn[nH]c2)CC1.Cl.Cl. The second kappa shape index (κ2) is 7.61. The van der Waals surface area contributed by atoms with E-state index in [1.807, 2.05) is 17.3 Å². The van der Waals surface area contributed by atoms with Crippen LogP contribution in [0.1, 0.15) is 31.2 Å². The topological polar surface area (TPSA) is 75.0 Å². The lowest BCUT2D eigenvalue weighted by atomic mass is 9.91. The van der Waals surface area contributed by atoms with Crippen LogP contribution in [0.4, 0.5) is 0 Å². The Hall–Kier alpha value is -0.780. The van der Waals surface area contributed by atoms with Gasteiger partial charge in [0, 0.05) is 19.3 Å². The van der Waals surface area contributed by atoms with Crippen LogP contribution in [0.2, 0.25) is 0 Å². The minimum Gasteiger partial charge on any atom is -0.341 e. The fourth-order valence-corrected chi connectivity index (χ4v) is 2.21. The molecule has 0 saturated carbocycles. The lowest BCUT2D eigenvalue weighted by Gasteiger charge is -2.32. The van der Waals surface area contributed by atoms with Gasteiger partial charge in [0.15, 0.2) is 0 Å². The van der Waals surface area contributed by atoms with Gasteiger partial charge in [0.05, 0.1) is 12.2 Å². The number of aromatic amines is 1. The number of aromatic nitrogens is 2. The molecule has 0 aliphatic carbocycles. The van der Waals surface area contributed by atoms with Gasteiger partial charge in [-0.2, -0.15) is 5.10 Å². The Bertz CT molecular complexity index is 348. The molecule has 5 nitrogen and oxygen atoms in total. The van der Waals surface area contributed by atoms with Crippen LogP contribution in [-0.4, -0.2) is 40.1 Å². The molecule has 104 valence electrons. The monoisotopic (exact) mass is 294 g/mol. The molecule has 1 atom stereocenters. The largest absolute Gasteiger partial charge is 0.341 e. The third-order valence-electron chi connectivity index (χ3n) is 3.19. The molecule has 1 aromatic rings. The number of hydrogen-bond acceptors (Lipinski definition) is 3. The highest BCUT2D eigenvalue weighted by Crippen LogP contribution is 2.27. The van der Waals surface area contributed by atoms with Crippen LogP contribution < -0.4 is 5.73 Å². The summed E-state index contributed by atoms with van der Waals surface area (Å²) in [4.78, 5) is 13.5. The quantitative estimate of drug-likeness (QED) is 0.863. The highest BCUT2D eigenvalue weighted by Gasteiger charge is 2.25. The van der Waals surface area contributed by atoms with Crippen molar-refractivity contribution in [2.45, 2.75) is 31.7 Å². The fraction of sp³-hybridized carbons (Fsp3) is 0.636. The molecule has 0 radical (unpaired) electrons. The molecule has 1 saturated heterocycles. The zero-order valence-corrected chi connectivity index (χ0v) is 12.0. The second-order valence-electron chi connectivity index (χ2n) is 4.42. The molecule has 1 aliphatic heterocycles. The number of H-pyrrole nitrogens is 1. The third kappa shape index (κ3) is 3.86. The van der Waals surface area contributed by atoms with Crippen molar-refractivity contribution < 1.29 is 4.79 Å². The van der Waals surface area contributed by atoms with Gasteiger partial charge in [-0.1, -0.05) is 0 Å². The smallest absolute Gasteiger partial charge is 0.239 e. The molecule has 0 aromatic carbocycles. The van der Waals surface area contributed by atoms with Crippen LogP contribution >= 0.6 is 24.8 Å². The maximum Gasteiger partial charge on any atom is 0.239 e. The minimum atomic E-state index is -0.384. The Kier molecular flexibility index (Phi) is 7.28. The lowest BCUT2D eigenvalue weighted by Crippen LogP contribution is -2.45. The number of likely N-dealkylation sites (tertiary alicyclic amines) is 1. The zero-order chi connectivity index (χ0) is 11.5. The van der Waals surface area contributed by atoms with E-state index in [0.29, 0.717) is 5.92 Å². The summed E-state index contributed by atoms with van der Waals surface area (Å²) in [5.74, 6) is 0.585. The number of piperidine rings is 1. The molecule has 1 aliphatic rings. The number of hydrogen-bond donors (Lipinski definition) is 2. The molecular formula is C11H20Cl2N4O. The second-order valence-corrected chi connectivity index (χ2v) is 4.42. The van der Waals surface area contributed by atoms with E-state index in [0.717, 1.165) is 25.9 Å². The number of halogens is 2. The van der Waals surface area contributed by atoms with E-state index < -0.39 is 0 Å². The summed E-state index contributed by atoms with van der Waals surface area (Å²) in [6.45, 7) is 3.34. The van der Waals surface area contributed by atoms with Gasteiger partial charge in [0.2, 0.25) is 5.91 Å². The number of nitrogens with zero attached hydrogens (tertiary/aromatic N) is 2. The van der Waals surface area contributed by atoms with Crippen molar-refractivity contribution in [3.8, 4) is 0 Å². The molecule has 1 fully saturated rings. The molecule has 1 aromatic heterocycles. The summed E-state index contributed by atoms with van der Waals surface area (Å²) in [6, 6.07) is -0.384. The summed E-state index contributed by atoms with van der Waals surface area (Å²) >= 11 is 0. The van der Waals surface area contributed by atoms with E-state index in [1.54, 1.807) is 6.92 Å². The van der Waals surface area contributed by atoms with Gasteiger partial charge in [-0.05, 0) is 31.2 Å². The molecule has 2 heterocycles. The van der Waals surface area contributed by atoms with Crippen LogP contribution in [0.25, 0.3) is 0 Å². The normalized spacial score (nSPS) is 17.6. The van der Waals surface area contributed by atoms with Gasteiger partial charge >= 0.3 is 0 Å². The van der Waals surface area contributed by atoms with Gasteiger partial charge in [0.25, 0.3) is 0 Å². The van der Waals surface area contributed by atoms with E-state index in [1.165, 1.54) is 5.56 Å². The van der Waals surface area contributed by atoms with Crippen LogP contribution in [0.5, 0.6) is 0 Å². The average molecular weight is 295 g/mol. The highest BCUT2D eigenvalue weighted by atomic mass is 35.5. The van der Waals surface area contributed by atoms with Crippen molar-refractivity contribution in [3.63, 3.8) is 0 Å². The Labute approximate surface area is 119 Å². The first-order chi connectivity index (χ1) is 7.68. The molecule has 2 rings (SSSR count). The zero-order valence-electron chi connectivity index (χ0n) is 10.3. The van der Waals surface area contributed by atoms with Crippen LogP contribution in [0, 0.1) is 0 Å². The summed E-state index contributed by atoms with van der Waals surface area (Å²) in [5.41, 5.74) is 6.83. The standard InChI is InChI=1S/C11H18N4O.2ClH/c1-8(12)11(16)15-4-2-9(3-5-15)10-6-13-14-7-10;;/h6-9H,2-5,12H2,1H3,(H,13,14);2*1H. The number of nitrogens with one attached hydrogen (secondary N) is 1. The van der Waals surface area contributed by atoms with E-state index in [-0.39, 0.29) is 36.8 Å². The summed E-state index contributed by atoms with van der Waals surface area (Å²) in [5, 5.41) is 6.78. The maximum atomic E-state index is 11.7. The first-order valence-electron chi connectivity index (χ1n) is 5.71. The van der Waals surface area contributed by atoms with Crippen LogP contribution in [-0.2, 0) is 4.79 Å². The lowest BCUT2D eigenvalue weighted by molar-refractivity contribution is -0.133. The summed E-state index contributed by atoms with van der Waals surface area (Å²) < 4.78 is 0. The Morgan fingerprint density at radius 3 is 2.56 bits per heavy atom. The fourth-order valence-electron chi connectivity index (χ4n) is 2.21. The molecule has 3 N–H and O–H groups in total.